The van der Waals surface area contributed by atoms with Gasteiger partial charge in [0.15, 0.2) is 0 Å². The molecule has 2 unspecified atom stereocenters. The molecule has 0 saturated carbocycles. The van der Waals surface area contributed by atoms with E-state index < -0.39 is 18.0 Å². The van der Waals surface area contributed by atoms with E-state index >= 15 is 0 Å². The van der Waals surface area contributed by atoms with E-state index in [-0.39, 0.29) is 25.5 Å². The van der Waals surface area contributed by atoms with E-state index in [0.717, 1.165) is 0 Å². The lowest BCUT2D eigenvalue weighted by Crippen LogP contribution is -2.48. The van der Waals surface area contributed by atoms with Crippen molar-refractivity contribution in [3.63, 3.8) is 0 Å². The molecule has 116 valence electrons. The van der Waals surface area contributed by atoms with Crippen LogP contribution in [-0.2, 0) is 14.3 Å². The van der Waals surface area contributed by atoms with Gasteiger partial charge in [0.25, 0.3) is 0 Å². The average molecular weight is 288 g/mol. The van der Waals surface area contributed by atoms with E-state index in [4.69, 9.17) is 9.84 Å². The van der Waals surface area contributed by atoms with Crippen molar-refractivity contribution in [2.75, 3.05) is 45.9 Å². The van der Waals surface area contributed by atoms with Crippen LogP contribution < -0.4 is 0 Å². The van der Waals surface area contributed by atoms with Gasteiger partial charge in [-0.25, -0.2) is 0 Å². The number of hydrogen-bond donors (Lipinski definition) is 2. The van der Waals surface area contributed by atoms with Crippen LogP contribution in [-0.4, -0.2) is 83.9 Å². The van der Waals surface area contributed by atoms with Gasteiger partial charge in [0.05, 0.1) is 31.8 Å². The number of hydrogen-bond acceptors (Lipinski definition) is 5. The number of aliphatic hydroxyl groups excluding tert-OH is 1. The van der Waals surface area contributed by atoms with Crippen molar-refractivity contribution in [2.24, 2.45) is 5.92 Å². The second kappa shape index (κ2) is 8.18. The standard InChI is InChI=1S/C13H24N2O5/c1-10(13(18)19)7-14(8-11(2)16)9-12(17)15-3-5-20-6-4-15/h10-11,16H,3-9H2,1-2H3,(H,18,19). The van der Waals surface area contributed by atoms with Crippen LogP contribution in [0.15, 0.2) is 0 Å². The van der Waals surface area contributed by atoms with Crippen molar-refractivity contribution < 1.29 is 24.5 Å². The van der Waals surface area contributed by atoms with Crippen molar-refractivity contribution in [1.29, 1.82) is 0 Å². The van der Waals surface area contributed by atoms with Crippen LogP contribution in [0.2, 0.25) is 0 Å². The summed E-state index contributed by atoms with van der Waals surface area (Å²) >= 11 is 0. The van der Waals surface area contributed by atoms with E-state index in [1.165, 1.54) is 0 Å². The van der Waals surface area contributed by atoms with Gasteiger partial charge >= 0.3 is 5.97 Å². The number of morpholine rings is 1. The number of ether oxygens (including phenoxy) is 1. The Bertz CT molecular complexity index is 329. The number of aliphatic carboxylic acids is 1. The third kappa shape index (κ3) is 5.85. The molecule has 0 aliphatic carbocycles. The fraction of sp³-hybridized carbons (Fsp3) is 0.846. The maximum atomic E-state index is 12.1. The first kappa shape index (κ1) is 16.9. The van der Waals surface area contributed by atoms with Crippen molar-refractivity contribution >= 4 is 11.9 Å². The number of carboxylic acids is 1. The molecular formula is C13H24N2O5. The lowest BCUT2D eigenvalue weighted by molar-refractivity contribution is -0.143. The molecule has 0 aromatic rings. The molecule has 1 amide bonds. The first-order valence-electron chi connectivity index (χ1n) is 6.89. The summed E-state index contributed by atoms with van der Waals surface area (Å²) in [4.78, 5) is 26.5. The van der Waals surface area contributed by atoms with Gasteiger partial charge in [-0.05, 0) is 6.92 Å². The van der Waals surface area contributed by atoms with Gasteiger partial charge in [0.2, 0.25) is 5.91 Å². The van der Waals surface area contributed by atoms with Gasteiger partial charge in [-0.3, -0.25) is 14.5 Å². The number of rotatable bonds is 7. The number of carbonyl (C=O) groups excluding carboxylic acids is 1. The van der Waals surface area contributed by atoms with Crippen LogP contribution in [0.3, 0.4) is 0 Å². The first-order valence-corrected chi connectivity index (χ1v) is 6.89. The molecule has 0 radical (unpaired) electrons. The summed E-state index contributed by atoms with van der Waals surface area (Å²) < 4.78 is 5.19. The van der Waals surface area contributed by atoms with Crippen LogP contribution in [0.1, 0.15) is 13.8 Å². The molecule has 0 spiro atoms. The topological polar surface area (TPSA) is 90.3 Å². The highest BCUT2D eigenvalue weighted by atomic mass is 16.5. The van der Waals surface area contributed by atoms with E-state index in [9.17, 15) is 14.7 Å². The monoisotopic (exact) mass is 288 g/mol. The predicted octanol–water partition coefficient (Wildman–Crippen LogP) is -0.751. The fourth-order valence-electron chi connectivity index (χ4n) is 2.15. The highest BCUT2D eigenvalue weighted by Crippen LogP contribution is 2.05. The van der Waals surface area contributed by atoms with Gasteiger partial charge in [-0.15, -0.1) is 0 Å². The molecule has 1 aliphatic rings. The van der Waals surface area contributed by atoms with E-state index in [1.807, 2.05) is 0 Å². The fourth-order valence-corrected chi connectivity index (χ4v) is 2.15. The lowest BCUT2D eigenvalue weighted by atomic mass is 10.1. The third-order valence-corrected chi connectivity index (χ3v) is 3.20. The predicted molar refractivity (Wildman–Crippen MR) is 72.3 cm³/mol. The Labute approximate surface area is 119 Å². The molecule has 1 fully saturated rings. The Morgan fingerprint density at radius 3 is 2.35 bits per heavy atom. The molecule has 1 rings (SSSR count). The number of amides is 1. The van der Waals surface area contributed by atoms with E-state index in [2.05, 4.69) is 0 Å². The normalized spacial score (nSPS) is 18.9. The molecule has 2 N–H and O–H groups in total. The summed E-state index contributed by atoms with van der Waals surface area (Å²) in [6.07, 6.45) is -0.603. The maximum Gasteiger partial charge on any atom is 0.307 e. The zero-order valence-corrected chi connectivity index (χ0v) is 12.1. The molecule has 7 nitrogen and oxygen atoms in total. The number of carboxylic acid groups (broad SMARTS) is 1. The average Bonchev–Trinajstić information content (AvgIpc) is 2.38. The second-order valence-corrected chi connectivity index (χ2v) is 5.28. The van der Waals surface area contributed by atoms with E-state index in [1.54, 1.807) is 23.6 Å². The minimum absolute atomic E-state index is 0.0495. The summed E-state index contributed by atoms with van der Waals surface area (Å²) in [5, 5.41) is 18.4. The summed E-state index contributed by atoms with van der Waals surface area (Å²) in [5.74, 6) is -1.53. The second-order valence-electron chi connectivity index (χ2n) is 5.28. The lowest BCUT2D eigenvalue weighted by Gasteiger charge is -2.31. The van der Waals surface area contributed by atoms with Gasteiger partial charge in [0.1, 0.15) is 0 Å². The molecular weight excluding hydrogens is 264 g/mol. The molecule has 1 saturated heterocycles. The molecule has 0 aromatic carbocycles. The van der Waals surface area contributed by atoms with Crippen molar-refractivity contribution in [3.05, 3.63) is 0 Å². The zero-order valence-electron chi connectivity index (χ0n) is 12.1. The Balaban J connectivity index is 2.53. The number of carbonyl (C=O) groups is 2. The molecule has 20 heavy (non-hydrogen) atoms. The molecule has 0 aromatic heterocycles. The van der Waals surface area contributed by atoms with Crippen molar-refractivity contribution in [3.8, 4) is 0 Å². The van der Waals surface area contributed by atoms with Gasteiger partial charge < -0.3 is 19.8 Å². The number of aliphatic hydroxyl groups is 1. The molecule has 1 heterocycles. The van der Waals surface area contributed by atoms with Crippen LogP contribution in [0.25, 0.3) is 0 Å². The molecule has 2 atom stereocenters. The summed E-state index contributed by atoms with van der Waals surface area (Å²) in [6, 6.07) is 0. The summed E-state index contributed by atoms with van der Waals surface area (Å²) in [6.45, 7) is 6.08. The SMILES string of the molecule is CC(O)CN(CC(=O)N1CCOCC1)CC(C)C(=O)O. The van der Waals surface area contributed by atoms with Crippen LogP contribution in [0.4, 0.5) is 0 Å². The molecule has 0 bridgehead atoms. The van der Waals surface area contributed by atoms with Crippen molar-refractivity contribution in [1.82, 2.24) is 9.80 Å². The van der Waals surface area contributed by atoms with Gasteiger partial charge in [-0.1, -0.05) is 6.92 Å². The van der Waals surface area contributed by atoms with Crippen LogP contribution in [0, 0.1) is 5.92 Å². The van der Waals surface area contributed by atoms with Gasteiger partial charge in [0, 0.05) is 26.2 Å². The van der Waals surface area contributed by atoms with Crippen molar-refractivity contribution in [2.45, 2.75) is 20.0 Å². The van der Waals surface area contributed by atoms with Gasteiger partial charge in [-0.2, -0.15) is 0 Å². The molecule has 7 heteroatoms. The van der Waals surface area contributed by atoms with Crippen LogP contribution >= 0.6 is 0 Å². The van der Waals surface area contributed by atoms with E-state index in [0.29, 0.717) is 26.3 Å². The smallest absolute Gasteiger partial charge is 0.307 e. The Hall–Kier alpha value is -1.18. The minimum atomic E-state index is -0.903. The third-order valence-electron chi connectivity index (χ3n) is 3.20. The zero-order chi connectivity index (χ0) is 15.1. The number of nitrogens with zero attached hydrogens (tertiary/aromatic N) is 2. The Morgan fingerprint density at radius 2 is 1.85 bits per heavy atom. The first-order chi connectivity index (χ1) is 9.40. The summed E-state index contributed by atoms with van der Waals surface area (Å²) in [5.41, 5.74) is 0. The Kier molecular flexibility index (Phi) is 6.90. The molecule has 1 aliphatic heterocycles. The quantitative estimate of drug-likeness (QED) is 0.640. The summed E-state index contributed by atoms with van der Waals surface area (Å²) in [7, 11) is 0. The maximum absolute atomic E-state index is 12.1. The highest BCUT2D eigenvalue weighted by molar-refractivity contribution is 5.78. The Morgan fingerprint density at radius 1 is 1.25 bits per heavy atom. The highest BCUT2D eigenvalue weighted by Gasteiger charge is 2.23. The van der Waals surface area contributed by atoms with Crippen LogP contribution in [0.5, 0.6) is 0 Å². The minimum Gasteiger partial charge on any atom is -0.481 e. The largest absolute Gasteiger partial charge is 0.481 e.